The lowest BCUT2D eigenvalue weighted by Gasteiger charge is -2.34. The van der Waals surface area contributed by atoms with E-state index in [9.17, 15) is 18.3 Å². The molecule has 1 saturated heterocycles. The first kappa shape index (κ1) is 25.9. The molecule has 4 aromatic rings. The van der Waals surface area contributed by atoms with Crippen molar-refractivity contribution < 1.29 is 18.3 Å². The van der Waals surface area contributed by atoms with E-state index in [1.165, 1.54) is 35.5 Å². The van der Waals surface area contributed by atoms with E-state index < -0.39 is 17.2 Å². The van der Waals surface area contributed by atoms with Crippen molar-refractivity contribution in [1.82, 2.24) is 19.7 Å². The van der Waals surface area contributed by atoms with Gasteiger partial charge in [-0.15, -0.1) is 0 Å². The molecule has 0 aliphatic carbocycles. The van der Waals surface area contributed by atoms with Crippen LogP contribution in [0.2, 0.25) is 0 Å². The summed E-state index contributed by atoms with van der Waals surface area (Å²) in [5.41, 5.74) is 1.73. The Bertz CT molecular complexity index is 1330. The number of aromatic nitrogens is 3. The maximum atomic E-state index is 14.8. The maximum absolute atomic E-state index is 14.8. The van der Waals surface area contributed by atoms with E-state index in [2.05, 4.69) is 44.1 Å². The molecule has 0 amide bonds. The number of aliphatic hydroxyl groups is 1. The second kappa shape index (κ2) is 11.4. The van der Waals surface area contributed by atoms with Crippen LogP contribution >= 0.6 is 0 Å². The van der Waals surface area contributed by atoms with Gasteiger partial charge >= 0.3 is 0 Å². The van der Waals surface area contributed by atoms with Crippen LogP contribution in [0, 0.1) is 17.5 Å². The van der Waals surface area contributed by atoms with E-state index in [0.717, 1.165) is 61.4 Å². The lowest BCUT2D eigenvalue weighted by Crippen LogP contribution is -2.45. The van der Waals surface area contributed by atoms with Crippen molar-refractivity contribution in [2.45, 2.75) is 25.0 Å². The topological polar surface area (TPSA) is 57.4 Å². The summed E-state index contributed by atoms with van der Waals surface area (Å²) in [4.78, 5) is 8.34. The van der Waals surface area contributed by atoms with Crippen molar-refractivity contribution in [3.8, 4) is 0 Å². The number of β-amino-alcohol motifs (C(OH)–C–C–N with tert-alkyl or cyclic N) is 1. The van der Waals surface area contributed by atoms with Crippen molar-refractivity contribution >= 4 is 5.69 Å². The third-order valence-corrected chi connectivity index (χ3v) is 7.02. The van der Waals surface area contributed by atoms with Gasteiger partial charge in [-0.3, -0.25) is 4.90 Å². The van der Waals surface area contributed by atoms with Crippen molar-refractivity contribution in [3.63, 3.8) is 0 Å². The van der Waals surface area contributed by atoms with Gasteiger partial charge in [0.1, 0.15) is 35.7 Å². The van der Waals surface area contributed by atoms with Crippen LogP contribution in [0.3, 0.4) is 0 Å². The molecule has 0 bridgehead atoms. The SMILES string of the molecule is OC(CN1CCCN(c2ccc(Cc3ccc(F)cc3)cc2)CC1)(Cn1cncn1)c1ccc(F)cc1F. The van der Waals surface area contributed by atoms with Crippen LogP contribution in [0.4, 0.5) is 18.9 Å². The summed E-state index contributed by atoms with van der Waals surface area (Å²) in [6.07, 6.45) is 4.42. The molecule has 1 aliphatic rings. The van der Waals surface area contributed by atoms with Crippen LogP contribution in [0.25, 0.3) is 0 Å². The van der Waals surface area contributed by atoms with Crippen LogP contribution < -0.4 is 4.90 Å². The normalized spacial score (nSPS) is 16.3. The molecule has 9 heteroatoms. The van der Waals surface area contributed by atoms with E-state index >= 15 is 0 Å². The molecular formula is C29H30F3N5O. The molecule has 1 unspecified atom stereocenters. The molecule has 3 aromatic carbocycles. The lowest BCUT2D eigenvalue weighted by atomic mass is 9.92. The van der Waals surface area contributed by atoms with Gasteiger partial charge < -0.3 is 10.0 Å². The van der Waals surface area contributed by atoms with Crippen molar-refractivity contribution in [1.29, 1.82) is 0 Å². The minimum absolute atomic E-state index is 0.00865. The number of nitrogens with zero attached hydrogens (tertiary/aromatic N) is 5. The quantitative estimate of drug-likeness (QED) is 0.373. The molecule has 0 radical (unpaired) electrons. The molecule has 1 fully saturated rings. The molecule has 0 saturated carbocycles. The van der Waals surface area contributed by atoms with E-state index in [-0.39, 0.29) is 24.5 Å². The number of rotatable bonds is 8. The fourth-order valence-corrected chi connectivity index (χ4v) is 5.09. The first-order chi connectivity index (χ1) is 18.4. The second-order valence-corrected chi connectivity index (χ2v) is 9.84. The summed E-state index contributed by atoms with van der Waals surface area (Å²) in [6.45, 7) is 3.13. The van der Waals surface area contributed by atoms with E-state index in [1.807, 2.05) is 0 Å². The minimum Gasteiger partial charge on any atom is -0.382 e. The van der Waals surface area contributed by atoms with Gasteiger partial charge in [0.25, 0.3) is 0 Å². The Balaban J connectivity index is 1.26. The average molecular weight is 522 g/mol. The fraction of sp³-hybridized carbons (Fsp3) is 0.310. The van der Waals surface area contributed by atoms with Crippen molar-refractivity contribution in [2.75, 3.05) is 37.6 Å². The number of anilines is 1. The summed E-state index contributed by atoms with van der Waals surface area (Å²) in [6, 6.07) is 18.2. The van der Waals surface area contributed by atoms with Crippen LogP contribution in [-0.4, -0.2) is 57.5 Å². The molecule has 0 spiro atoms. The van der Waals surface area contributed by atoms with Crippen molar-refractivity contribution in [3.05, 3.63) is 114 Å². The van der Waals surface area contributed by atoms with Crippen LogP contribution in [0.5, 0.6) is 0 Å². The highest BCUT2D eigenvalue weighted by molar-refractivity contribution is 5.48. The van der Waals surface area contributed by atoms with E-state index in [0.29, 0.717) is 6.54 Å². The van der Waals surface area contributed by atoms with Gasteiger partial charge in [0.2, 0.25) is 0 Å². The monoisotopic (exact) mass is 521 g/mol. The molecule has 1 atom stereocenters. The third kappa shape index (κ3) is 6.23. The van der Waals surface area contributed by atoms with Gasteiger partial charge in [-0.1, -0.05) is 30.3 Å². The Morgan fingerprint density at radius 1 is 0.789 bits per heavy atom. The Kier molecular flexibility index (Phi) is 7.76. The molecular weight excluding hydrogens is 491 g/mol. The Morgan fingerprint density at radius 2 is 1.50 bits per heavy atom. The van der Waals surface area contributed by atoms with Crippen LogP contribution in [0.15, 0.2) is 79.4 Å². The number of hydrogen-bond acceptors (Lipinski definition) is 5. The smallest absolute Gasteiger partial charge is 0.137 e. The predicted octanol–water partition coefficient (Wildman–Crippen LogP) is 4.39. The standard InChI is InChI=1S/C29H30F3N5O/c30-24-6-2-22(3-7-24)16-23-4-9-26(10-5-23)36-13-1-12-35(14-15-36)18-29(38,19-37-21-33-20-34-37)27-11-8-25(31)17-28(27)32/h2-11,17,20-21,38H,1,12-16,18-19H2. The molecule has 2 heterocycles. The van der Waals surface area contributed by atoms with Gasteiger partial charge in [0.05, 0.1) is 6.54 Å². The zero-order valence-electron chi connectivity index (χ0n) is 21.0. The van der Waals surface area contributed by atoms with Crippen LogP contribution in [-0.2, 0) is 18.6 Å². The Morgan fingerprint density at radius 3 is 2.18 bits per heavy atom. The third-order valence-electron chi connectivity index (χ3n) is 7.02. The molecule has 1 aliphatic heterocycles. The summed E-state index contributed by atoms with van der Waals surface area (Å²) in [5.74, 6) is -1.72. The summed E-state index contributed by atoms with van der Waals surface area (Å²) in [5, 5.41) is 15.8. The van der Waals surface area contributed by atoms with Gasteiger partial charge in [-0.05, 0) is 54.3 Å². The number of halogens is 3. The molecule has 38 heavy (non-hydrogen) atoms. The zero-order chi connectivity index (χ0) is 26.5. The maximum Gasteiger partial charge on any atom is 0.137 e. The number of hydrogen-bond donors (Lipinski definition) is 1. The predicted molar refractivity (Wildman–Crippen MR) is 139 cm³/mol. The Labute approximate surface area is 220 Å². The molecule has 6 nitrogen and oxygen atoms in total. The number of benzene rings is 3. The summed E-state index contributed by atoms with van der Waals surface area (Å²) >= 11 is 0. The fourth-order valence-electron chi connectivity index (χ4n) is 5.09. The largest absolute Gasteiger partial charge is 0.382 e. The van der Waals surface area contributed by atoms with Crippen molar-refractivity contribution in [2.24, 2.45) is 0 Å². The Hall–Kier alpha value is -3.69. The first-order valence-electron chi connectivity index (χ1n) is 12.7. The van der Waals surface area contributed by atoms with Gasteiger partial charge in [-0.25, -0.2) is 22.8 Å². The summed E-state index contributed by atoms with van der Waals surface area (Å²) in [7, 11) is 0. The average Bonchev–Trinajstić information content (AvgIpc) is 3.29. The van der Waals surface area contributed by atoms with E-state index in [1.54, 1.807) is 12.1 Å². The van der Waals surface area contributed by atoms with Crippen LogP contribution in [0.1, 0.15) is 23.1 Å². The highest BCUT2D eigenvalue weighted by Crippen LogP contribution is 2.29. The lowest BCUT2D eigenvalue weighted by molar-refractivity contribution is -0.0201. The minimum atomic E-state index is -1.62. The van der Waals surface area contributed by atoms with E-state index in [4.69, 9.17) is 0 Å². The van der Waals surface area contributed by atoms with Gasteiger partial charge in [-0.2, -0.15) is 5.10 Å². The molecule has 1 aromatic heterocycles. The van der Waals surface area contributed by atoms with Gasteiger partial charge in [0.15, 0.2) is 0 Å². The molecule has 5 rings (SSSR count). The first-order valence-corrected chi connectivity index (χ1v) is 12.7. The second-order valence-electron chi connectivity index (χ2n) is 9.84. The highest BCUT2D eigenvalue weighted by atomic mass is 19.1. The highest BCUT2D eigenvalue weighted by Gasteiger charge is 2.36. The molecule has 1 N–H and O–H groups in total. The zero-order valence-corrected chi connectivity index (χ0v) is 21.0. The van der Waals surface area contributed by atoms with Gasteiger partial charge in [0, 0.05) is 50.0 Å². The molecule has 198 valence electrons. The summed E-state index contributed by atoms with van der Waals surface area (Å²) < 4.78 is 43.0.